The van der Waals surface area contributed by atoms with Crippen molar-refractivity contribution in [2.24, 2.45) is 5.92 Å². The van der Waals surface area contributed by atoms with E-state index in [-0.39, 0.29) is 6.61 Å². The minimum Gasteiger partial charge on any atom is -0.495 e. The molecule has 7 heteroatoms. The molecule has 0 heterocycles. The van der Waals surface area contributed by atoms with Crippen molar-refractivity contribution >= 4 is 24.5 Å². The van der Waals surface area contributed by atoms with Crippen molar-refractivity contribution in [3.63, 3.8) is 0 Å². The van der Waals surface area contributed by atoms with Crippen molar-refractivity contribution in [1.82, 2.24) is 0 Å². The lowest BCUT2D eigenvalue weighted by atomic mass is 10.0. The number of methoxy groups -OCH3 is 1. The highest BCUT2D eigenvalue weighted by Crippen LogP contribution is 2.41. The molecule has 2 rings (SSSR count). The fraction of sp³-hybridized carbons (Fsp3) is 0.409. The number of carboxylic acid groups (broad SMARTS) is 1. The van der Waals surface area contributed by atoms with Gasteiger partial charge in [-0.1, -0.05) is 69.1 Å². The van der Waals surface area contributed by atoms with Gasteiger partial charge in [0.15, 0.2) is 6.04 Å². The fourth-order valence-corrected chi connectivity index (χ4v) is 3.42. The SMILES string of the molecule is COc1cccc(-c2ccccc2)c1N(S)[C@@H](C(=O)O)[C@H](O)COCCC(C)C. The topological polar surface area (TPSA) is 79.2 Å². The summed E-state index contributed by atoms with van der Waals surface area (Å²) < 4.78 is 12.2. The lowest BCUT2D eigenvalue weighted by Gasteiger charge is -2.31. The monoisotopic (exact) mass is 419 g/mol. The number of carbonyl (C=O) groups is 1. The van der Waals surface area contributed by atoms with Gasteiger partial charge in [0.05, 0.1) is 19.4 Å². The van der Waals surface area contributed by atoms with Crippen molar-refractivity contribution < 1.29 is 24.5 Å². The van der Waals surface area contributed by atoms with Gasteiger partial charge in [-0.3, -0.25) is 4.31 Å². The minimum atomic E-state index is -1.32. The quantitative estimate of drug-likeness (QED) is 0.379. The first-order chi connectivity index (χ1) is 13.9. The Labute approximate surface area is 177 Å². The Bertz CT molecular complexity index is 784. The van der Waals surface area contributed by atoms with Crippen molar-refractivity contribution in [3.05, 3.63) is 48.5 Å². The second-order valence-corrected chi connectivity index (χ2v) is 7.61. The van der Waals surface area contributed by atoms with Gasteiger partial charge in [-0.2, -0.15) is 0 Å². The average Bonchev–Trinajstić information content (AvgIpc) is 2.70. The van der Waals surface area contributed by atoms with Gasteiger partial charge in [-0.15, -0.1) is 0 Å². The third-order valence-electron chi connectivity index (χ3n) is 4.54. The first-order valence-electron chi connectivity index (χ1n) is 9.56. The molecule has 158 valence electrons. The molecule has 0 aliphatic rings. The fourth-order valence-electron chi connectivity index (χ4n) is 2.96. The summed E-state index contributed by atoms with van der Waals surface area (Å²) in [6.07, 6.45) is -0.439. The van der Waals surface area contributed by atoms with E-state index in [1.807, 2.05) is 42.5 Å². The number of aliphatic hydroxyl groups is 1. The summed E-state index contributed by atoms with van der Waals surface area (Å²) in [5, 5.41) is 20.4. The second-order valence-electron chi connectivity index (χ2n) is 7.17. The van der Waals surface area contributed by atoms with Gasteiger partial charge in [0, 0.05) is 12.2 Å². The van der Waals surface area contributed by atoms with E-state index in [9.17, 15) is 15.0 Å². The number of aliphatic carboxylic acids is 1. The molecule has 2 aromatic carbocycles. The number of nitrogens with zero attached hydrogens (tertiary/aromatic N) is 1. The Kier molecular flexibility index (Phi) is 8.82. The van der Waals surface area contributed by atoms with E-state index in [1.165, 1.54) is 11.4 Å². The van der Waals surface area contributed by atoms with Crippen LogP contribution in [0.1, 0.15) is 20.3 Å². The van der Waals surface area contributed by atoms with Crippen molar-refractivity contribution in [3.8, 4) is 16.9 Å². The summed E-state index contributed by atoms with van der Waals surface area (Å²) in [4.78, 5) is 12.0. The highest BCUT2D eigenvalue weighted by molar-refractivity contribution is 7.81. The van der Waals surface area contributed by atoms with Gasteiger partial charge in [-0.05, 0) is 24.0 Å². The van der Waals surface area contributed by atoms with Gasteiger partial charge in [0.1, 0.15) is 11.9 Å². The zero-order chi connectivity index (χ0) is 21.4. The number of para-hydroxylation sites is 1. The molecule has 0 unspecified atom stereocenters. The predicted molar refractivity (Wildman–Crippen MR) is 118 cm³/mol. The smallest absolute Gasteiger partial charge is 0.330 e. The van der Waals surface area contributed by atoms with E-state index in [2.05, 4.69) is 26.7 Å². The molecule has 2 atom stereocenters. The summed E-state index contributed by atoms with van der Waals surface area (Å²) in [6, 6.07) is 13.6. The summed E-state index contributed by atoms with van der Waals surface area (Å²) in [5.74, 6) is -0.281. The van der Waals surface area contributed by atoms with E-state index in [0.717, 1.165) is 17.5 Å². The molecule has 0 aliphatic heterocycles. The molecule has 2 N–H and O–H groups in total. The maximum atomic E-state index is 12.0. The highest BCUT2D eigenvalue weighted by Gasteiger charge is 2.34. The summed E-state index contributed by atoms with van der Waals surface area (Å²) in [7, 11) is 1.51. The zero-order valence-electron chi connectivity index (χ0n) is 17.0. The van der Waals surface area contributed by atoms with E-state index < -0.39 is 18.1 Å². The summed E-state index contributed by atoms with van der Waals surface area (Å²) in [6.45, 7) is 4.50. The van der Waals surface area contributed by atoms with Crippen molar-refractivity contribution in [2.75, 3.05) is 24.6 Å². The van der Waals surface area contributed by atoms with Crippen LogP contribution < -0.4 is 9.04 Å². The average molecular weight is 420 g/mol. The van der Waals surface area contributed by atoms with E-state index >= 15 is 0 Å². The van der Waals surface area contributed by atoms with E-state index in [1.54, 1.807) is 6.07 Å². The molecule has 0 spiro atoms. The number of rotatable bonds is 11. The van der Waals surface area contributed by atoms with Crippen LogP contribution >= 0.6 is 12.8 Å². The Morgan fingerprint density at radius 2 is 1.83 bits per heavy atom. The molecular weight excluding hydrogens is 390 g/mol. The van der Waals surface area contributed by atoms with E-state index in [4.69, 9.17) is 9.47 Å². The van der Waals surface area contributed by atoms with Crippen LogP contribution in [0.25, 0.3) is 11.1 Å². The Morgan fingerprint density at radius 3 is 2.41 bits per heavy atom. The first-order valence-corrected chi connectivity index (χ1v) is 9.96. The van der Waals surface area contributed by atoms with Crippen LogP contribution in [0.4, 0.5) is 5.69 Å². The van der Waals surface area contributed by atoms with Gasteiger partial charge in [-0.25, -0.2) is 4.79 Å². The number of thiol groups is 1. The number of hydrogen-bond acceptors (Lipinski definition) is 6. The lowest BCUT2D eigenvalue weighted by Crippen LogP contribution is -2.47. The van der Waals surface area contributed by atoms with Crippen LogP contribution in [-0.4, -0.2) is 48.7 Å². The zero-order valence-corrected chi connectivity index (χ0v) is 17.9. The molecule has 0 aliphatic carbocycles. The minimum absolute atomic E-state index is 0.101. The molecule has 0 radical (unpaired) electrons. The normalized spacial score (nSPS) is 13.2. The number of ether oxygens (including phenoxy) is 2. The number of anilines is 1. The van der Waals surface area contributed by atoms with Crippen LogP contribution in [0.15, 0.2) is 48.5 Å². The van der Waals surface area contributed by atoms with E-state index in [0.29, 0.717) is 24.0 Å². The molecule has 29 heavy (non-hydrogen) atoms. The van der Waals surface area contributed by atoms with Crippen LogP contribution in [0.3, 0.4) is 0 Å². The second kappa shape index (κ2) is 11.1. The van der Waals surface area contributed by atoms with Crippen LogP contribution in [0.5, 0.6) is 5.75 Å². The summed E-state index contributed by atoms with van der Waals surface area (Å²) in [5.41, 5.74) is 2.10. The Balaban J connectivity index is 2.34. The molecule has 0 amide bonds. The van der Waals surface area contributed by atoms with Crippen LogP contribution in [0.2, 0.25) is 0 Å². The highest BCUT2D eigenvalue weighted by atomic mass is 32.1. The summed E-state index contributed by atoms with van der Waals surface area (Å²) >= 11 is 4.47. The van der Waals surface area contributed by atoms with Gasteiger partial charge < -0.3 is 19.7 Å². The lowest BCUT2D eigenvalue weighted by molar-refractivity contribution is -0.142. The number of benzene rings is 2. The molecule has 0 saturated heterocycles. The van der Waals surface area contributed by atoms with Crippen molar-refractivity contribution in [1.29, 1.82) is 0 Å². The molecular formula is C22H29NO5S. The number of aliphatic hydroxyl groups excluding tert-OH is 1. The third-order valence-corrected chi connectivity index (χ3v) is 4.99. The Morgan fingerprint density at radius 1 is 1.14 bits per heavy atom. The van der Waals surface area contributed by atoms with Gasteiger partial charge >= 0.3 is 5.97 Å². The predicted octanol–water partition coefficient (Wildman–Crippen LogP) is 3.89. The van der Waals surface area contributed by atoms with Crippen LogP contribution in [-0.2, 0) is 9.53 Å². The van der Waals surface area contributed by atoms with Crippen molar-refractivity contribution in [2.45, 2.75) is 32.4 Å². The maximum absolute atomic E-state index is 12.0. The Hall–Kier alpha value is -2.22. The molecule has 0 aromatic heterocycles. The molecule has 2 aromatic rings. The van der Waals surface area contributed by atoms with Gasteiger partial charge in [0.25, 0.3) is 0 Å². The third kappa shape index (κ3) is 6.13. The van der Waals surface area contributed by atoms with Gasteiger partial charge in [0.2, 0.25) is 0 Å². The largest absolute Gasteiger partial charge is 0.495 e. The van der Waals surface area contributed by atoms with Crippen LogP contribution in [0, 0.1) is 5.92 Å². The number of carboxylic acids is 1. The molecule has 0 fully saturated rings. The molecule has 6 nitrogen and oxygen atoms in total. The molecule has 0 bridgehead atoms. The first kappa shape index (κ1) is 23.1. The molecule has 0 saturated carbocycles. The maximum Gasteiger partial charge on any atom is 0.330 e. The number of hydrogen-bond donors (Lipinski definition) is 3. The standard InChI is InChI=1S/C22H29NO5S/c1-15(2)12-13-28-14-18(24)21(22(25)26)23(29)20-17(10-7-11-19(20)27-3)16-8-5-4-6-9-16/h4-11,15,18,21,24,29H,12-14H2,1-3H3,(H,25,26)/t18-,21-/m1/s1.